The maximum Gasteiger partial charge on any atom is 0.125 e. The van der Waals surface area contributed by atoms with Crippen LogP contribution in [0, 0.1) is 17.2 Å². The van der Waals surface area contributed by atoms with Crippen molar-refractivity contribution in [1.29, 1.82) is 5.26 Å². The predicted octanol–water partition coefficient (Wildman–Crippen LogP) is 6.89. The molecule has 0 N–H and O–H groups in total. The van der Waals surface area contributed by atoms with E-state index in [9.17, 15) is 5.26 Å². The number of hydrogen-bond acceptors (Lipinski definition) is 5. The minimum atomic E-state index is 0.495. The fraction of sp³-hybridized carbons (Fsp3) is 0.400. The van der Waals surface area contributed by atoms with E-state index < -0.39 is 0 Å². The zero-order valence-electron chi connectivity index (χ0n) is 24.4. The average Bonchev–Trinajstić information content (AvgIpc) is 2.98. The van der Waals surface area contributed by atoms with E-state index in [-0.39, 0.29) is 0 Å². The first-order chi connectivity index (χ1) is 19.4. The van der Waals surface area contributed by atoms with Crippen molar-refractivity contribution in [2.45, 2.75) is 46.6 Å². The molecule has 1 saturated heterocycles. The molecule has 0 bridgehead atoms. The van der Waals surface area contributed by atoms with Crippen molar-refractivity contribution in [3.63, 3.8) is 0 Å². The van der Waals surface area contributed by atoms with Gasteiger partial charge in [0, 0.05) is 38.3 Å². The summed E-state index contributed by atoms with van der Waals surface area (Å²) in [4.78, 5) is 4.91. The number of anilines is 1. The molecule has 5 nitrogen and oxygen atoms in total. The third-order valence-electron chi connectivity index (χ3n) is 8.25. The summed E-state index contributed by atoms with van der Waals surface area (Å²) >= 11 is 0. The van der Waals surface area contributed by atoms with Gasteiger partial charge in [0.1, 0.15) is 24.2 Å². The zero-order valence-corrected chi connectivity index (χ0v) is 24.4. The summed E-state index contributed by atoms with van der Waals surface area (Å²) in [6.45, 7) is 12.2. The molecule has 0 amide bonds. The van der Waals surface area contributed by atoms with E-state index in [2.05, 4.69) is 79.1 Å². The molecule has 3 aromatic rings. The van der Waals surface area contributed by atoms with Gasteiger partial charge in [0.2, 0.25) is 0 Å². The summed E-state index contributed by atoms with van der Waals surface area (Å²) in [6, 6.07) is 23.3. The lowest BCUT2D eigenvalue weighted by Gasteiger charge is -2.37. The maximum atomic E-state index is 9.47. The Labute approximate surface area is 239 Å². The van der Waals surface area contributed by atoms with Gasteiger partial charge in [0.25, 0.3) is 0 Å². The van der Waals surface area contributed by atoms with Crippen molar-refractivity contribution >= 4 is 11.3 Å². The van der Waals surface area contributed by atoms with Crippen molar-refractivity contribution in [3.05, 3.63) is 94.1 Å². The molecule has 2 aliphatic rings. The normalized spacial score (nSPS) is 15.7. The molecule has 0 spiro atoms. The molecule has 5 heteroatoms. The van der Waals surface area contributed by atoms with E-state index >= 15 is 0 Å². The Morgan fingerprint density at radius 3 is 2.50 bits per heavy atom. The number of piperazine rings is 1. The quantitative estimate of drug-likeness (QED) is 0.299. The zero-order chi connectivity index (χ0) is 28.1. The van der Waals surface area contributed by atoms with Crippen LogP contribution in [0.15, 0.2) is 66.2 Å². The summed E-state index contributed by atoms with van der Waals surface area (Å²) in [5, 5.41) is 9.47. The molecule has 40 heavy (non-hydrogen) atoms. The summed E-state index contributed by atoms with van der Waals surface area (Å²) in [5.74, 6) is 2.43. The van der Waals surface area contributed by atoms with Crippen LogP contribution in [0.2, 0.25) is 0 Å². The van der Waals surface area contributed by atoms with Gasteiger partial charge >= 0.3 is 0 Å². The van der Waals surface area contributed by atoms with E-state index in [4.69, 9.17) is 9.47 Å². The summed E-state index contributed by atoms with van der Waals surface area (Å²) < 4.78 is 11.9. The summed E-state index contributed by atoms with van der Waals surface area (Å²) in [6.07, 6.45) is 3.18. The first kappa shape index (κ1) is 27.8. The second-order valence-corrected chi connectivity index (χ2v) is 11.5. The van der Waals surface area contributed by atoms with Gasteiger partial charge in [-0.2, -0.15) is 5.26 Å². The maximum absolute atomic E-state index is 9.47. The lowest BCUT2D eigenvalue weighted by atomic mass is 9.86. The van der Waals surface area contributed by atoms with Crippen molar-refractivity contribution in [1.82, 2.24) is 4.90 Å². The average molecular weight is 536 g/mol. The van der Waals surface area contributed by atoms with E-state index in [1.165, 1.54) is 22.3 Å². The van der Waals surface area contributed by atoms with Gasteiger partial charge in [0.15, 0.2) is 0 Å². The first-order valence-electron chi connectivity index (χ1n) is 14.5. The Hall–Kier alpha value is -3.75. The lowest BCUT2D eigenvalue weighted by molar-refractivity contribution is 0.276. The highest BCUT2D eigenvalue weighted by molar-refractivity contribution is 5.72. The Bertz CT molecular complexity index is 1410. The Morgan fingerprint density at radius 1 is 0.950 bits per heavy atom. The molecule has 0 aromatic heterocycles. The number of rotatable bonds is 9. The van der Waals surface area contributed by atoms with Gasteiger partial charge in [-0.3, -0.25) is 4.90 Å². The largest absolute Gasteiger partial charge is 0.496 e. The van der Waals surface area contributed by atoms with Crippen LogP contribution < -0.4 is 14.4 Å². The van der Waals surface area contributed by atoms with Crippen molar-refractivity contribution < 1.29 is 9.47 Å². The van der Waals surface area contributed by atoms with Crippen LogP contribution >= 0.6 is 0 Å². The number of benzene rings is 3. The van der Waals surface area contributed by atoms with Crippen molar-refractivity contribution in [3.8, 4) is 17.6 Å². The standard InChI is InChI=1S/C35H41N3O2/c1-25(2)19-27-9-10-31(35(20-27)39-4)24-40-32-13-14-33-26(3)30(12-11-28(33)21-32)23-37-15-17-38(18-16-37)34-8-6-5-7-29(34)22-36/h5-10,13-14,20-21,25H,11-12,15-19,23-24H2,1-4H3. The van der Waals surface area contributed by atoms with Crippen molar-refractivity contribution in [2.24, 2.45) is 5.92 Å². The molecule has 1 aliphatic carbocycles. The highest BCUT2D eigenvalue weighted by atomic mass is 16.5. The number of para-hydroxylation sites is 1. The summed E-state index contributed by atoms with van der Waals surface area (Å²) in [5.41, 5.74) is 9.87. The number of ether oxygens (including phenoxy) is 2. The lowest BCUT2D eigenvalue weighted by Crippen LogP contribution is -2.47. The van der Waals surface area contributed by atoms with Gasteiger partial charge in [-0.15, -0.1) is 0 Å². The molecule has 208 valence electrons. The monoisotopic (exact) mass is 535 g/mol. The molecular weight excluding hydrogens is 494 g/mol. The van der Waals surface area contributed by atoms with Gasteiger partial charge < -0.3 is 14.4 Å². The number of aryl methyl sites for hydroxylation is 1. The number of methoxy groups -OCH3 is 1. The molecule has 0 unspecified atom stereocenters. The van der Waals surface area contributed by atoms with Crippen LogP contribution in [0.25, 0.3) is 5.57 Å². The van der Waals surface area contributed by atoms with Gasteiger partial charge in [-0.25, -0.2) is 0 Å². The van der Waals surface area contributed by atoms with Crippen LogP contribution in [-0.2, 0) is 19.4 Å². The fourth-order valence-corrected chi connectivity index (χ4v) is 6.02. The second-order valence-electron chi connectivity index (χ2n) is 11.5. The van der Waals surface area contributed by atoms with E-state index in [0.29, 0.717) is 12.5 Å². The van der Waals surface area contributed by atoms with E-state index in [0.717, 1.165) is 80.3 Å². The van der Waals surface area contributed by atoms with Crippen molar-refractivity contribution in [2.75, 3.05) is 44.7 Å². The second kappa shape index (κ2) is 12.6. The molecule has 0 radical (unpaired) electrons. The number of nitrogens with zero attached hydrogens (tertiary/aromatic N) is 3. The van der Waals surface area contributed by atoms with Crippen LogP contribution in [0.1, 0.15) is 55.0 Å². The molecule has 3 aromatic carbocycles. The summed E-state index contributed by atoms with van der Waals surface area (Å²) in [7, 11) is 1.73. The molecule has 5 rings (SSSR count). The number of hydrogen-bond donors (Lipinski definition) is 0. The SMILES string of the molecule is COc1cc(CC(C)C)ccc1COc1ccc2c(c1)CCC(CN1CCN(c3ccccc3C#N)CC1)=C2C. The first-order valence-corrected chi connectivity index (χ1v) is 14.5. The highest BCUT2D eigenvalue weighted by Gasteiger charge is 2.23. The molecule has 0 atom stereocenters. The van der Waals surface area contributed by atoms with E-state index in [1.807, 2.05) is 18.2 Å². The minimum absolute atomic E-state index is 0.495. The van der Waals surface area contributed by atoms with Crippen LogP contribution in [0.5, 0.6) is 11.5 Å². The van der Waals surface area contributed by atoms with Gasteiger partial charge in [-0.1, -0.05) is 49.8 Å². The van der Waals surface area contributed by atoms with Gasteiger partial charge in [-0.05, 0) is 84.7 Å². The Morgan fingerprint density at radius 2 is 1.75 bits per heavy atom. The molecule has 0 saturated carbocycles. The third-order valence-corrected chi connectivity index (χ3v) is 8.25. The molecular formula is C35H41N3O2. The number of nitriles is 1. The number of fused-ring (bicyclic) bond motifs is 1. The third kappa shape index (κ3) is 6.35. The smallest absolute Gasteiger partial charge is 0.125 e. The number of allylic oxidation sites excluding steroid dienone is 1. The predicted molar refractivity (Wildman–Crippen MR) is 163 cm³/mol. The van der Waals surface area contributed by atoms with Crippen LogP contribution in [0.4, 0.5) is 5.69 Å². The van der Waals surface area contributed by atoms with Crippen LogP contribution in [-0.4, -0.2) is 44.7 Å². The molecule has 1 heterocycles. The Kier molecular flexibility index (Phi) is 8.77. The van der Waals surface area contributed by atoms with Crippen LogP contribution in [0.3, 0.4) is 0 Å². The topological polar surface area (TPSA) is 48.7 Å². The van der Waals surface area contributed by atoms with E-state index in [1.54, 1.807) is 12.7 Å². The fourth-order valence-electron chi connectivity index (χ4n) is 6.02. The molecule has 1 fully saturated rings. The van der Waals surface area contributed by atoms with Gasteiger partial charge in [0.05, 0.1) is 18.4 Å². The Balaban J connectivity index is 1.20. The highest BCUT2D eigenvalue weighted by Crippen LogP contribution is 2.34. The molecule has 1 aliphatic heterocycles. The minimum Gasteiger partial charge on any atom is -0.496 e.